The largest absolute Gasteiger partial charge is 0.323 e. The molecule has 0 fully saturated rings. The van der Waals surface area contributed by atoms with Gasteiger partial charge in [0.05, 0.1) is 23.6 Å². The van der Waals surface area contributed by atoms with E-state index in [9.17, 15) is 9.59 Å². The molecule has 2 N–H and O–H groups in total. The predicted octanol–water partition coefficient (Wildman–Crippen LogP) is 2.43. The van der Waals surface area contributed by atoms with Gasteiger partial charge in [-0.3, -0.25) is 14.3 Å². The van der Waals surface area contributed by atoms with E-state index >= 15 is 0 Å². The first kappa shape index (κ1) is 19.7. The third-order valence-electron chi connectivity index (χ3n) is 3.83. The van der Waals surface area contributed by atoms with E-state index in [0.717, 1.165) is 24.1 Å². The first-order valence-electron chi connectivity index (χ1n) is 8.69. The number of rotatable bonds is 7. The van der Waals surface area contributed by atoms with Crippen molar-refractivity contribution in [3.63, 3.8) is 0 Å². The minimum atomic E-state index is -0.254. The molecule has 7 heteroatoms. The van der Waals surface area contributed by atoms with Crippen LogP contribution in [0.2, 0.25) is 0 Å². The second-order valence-electron chi connectivity index (χ2n) is 6.68. The van der Waals surface area contributed by atoms with Gasteiger partial charge >= 0.3 is 0 Å². The maximum Gasteiger partial charge on any atom is 0.273 e. The fraction of sp³-hybridized carbons (Fsp3) is 0.421. The quantitative estimate of drug-likeness (QED) is 0.798. The third kappa shape index (κ3) is 5.16. The highest BCUT2D eigenvalue weighted by atomic mass is 16.2. The highest BCUT2D eigenvalue weighted by Gasteiger charge is 2.16. The monoisotopic (exact) mass is 357 g/mol. The van der Waals surface area contributed by atoms with E-state index in [4.69, 9.17) is 0 Å². The van der Waals surface area contributed by atoms with Crippen LogP contribution in [0.1, 0.15) is 35.1 Å². The minimum absolute atomic E-state index is 0.139. The molecule has 0 atom stereocenters. The molecule has 140 valence electrons. The standard InChI is InChI=1S/C19H27N5O2/c1-6-7-14-11-17(24(5)22-14)19(26)21-16-10-13(2)8-9-15(16)20-18(25)12-23(3)4/h8-11H,6-7,12H2,1-5H3,(H,20,25)(H,21,26). The normalized spacial score (nSPS) is 10.8. The number of aromatic nitrogens is 2. The molecule has 0 bridgehead atoms. The van der Waals surface area contributed by atoms with Crippen LogP contribution in [-0.4, -0.2) is 47.1 Å². The molecule has 7 nitrogen and oxygen atoms in total. The van der Waals surface area contributed by atoms with E-state index in [2.05, 4.69) is 22.7 Å². The Morgan fingerprint density at radius 3 is 2.54 bits per heavy atom. The topological polar surface area (TPSA) is 79.3 Å². The Morgan fingerprint density at radius 1 is 1.15 bits per heavy atom. The van der Waals surface area contributed by atoms with Gasteiger partial charge in [0.2, 0.25) is 5.91 Å². The number of nitrogens with one attached hydrogen (secondary N) is 2. The molecule has 2 amide bonds. The van der Waals surface area contributed by atoms with Crippen molar-refractivity contribution in [3.8, 4) is 0 Å². The van der Waals surface area contributed by atoms with Gasteiger partial charge in [-0.05, 0) is 51.2 Å². The van der Waals surface area contributed by atoms with E-state index in [-0.39, 0.29) is 18.4 Å². The Balaban J connectivity index is 2.21. The summed E-state index contributed by atoms with van der Waals surface area (Å²) in [6.07, 6.45) is 1.80. The van der Waals surface area contributed by atoms with Crippen LogP contribution in [0.3, 0.4) is 0 Å². The Kier molecular flexibility index (Phi) is 6.52. The molecular weight excluding hydrogens is 330 g/mol. The molecule has 1 aromatic carbocycles. The molecule has 1 aromatic heterocycles. The highest BCUT2D eigenvalue weighted by Crippen LogP contribution is 2.24. The fourth-order valence-corrected chi connectivity index (χ4v) is 2.65. The molecule has 26 heavy (non-hydrogen) atoms. The lowest BCUT2D eigenvalue weighted by molar-refractivity contribution is -0.116. The summed E-state index contributed by atoms with van der Waals surface area (Å²) in [6, 6.07) is 7.33. The SMILES string of the molecule is CCCc1cc(C(=O)Nc2cc(C)ccc2NC(=O)CN(C)C)n(C)n1. The Morgan fingerprint density at radius 2 is 1.88 bits per heavy atom. The maximum atomic E-state index is 12.7. The number of nitrogens with zero attached hydrogens (tertiary/aromatic N) is 3. The predicted molar refractivity (Wildman–Crippen MR) is 104 cm³/mol. The highest BCUT2D eigenvalue weighted by molar-refractivity contribution is 6.06. The lowest BCUT2D eigenvalue weighted by Crippen LogP contribution is -2.27. The Hall–Kier alpha value is -2.67. The van der Waals surface area contributed by atoms with Gasteiger partial charge in [-0.25, -0.2) is 0 Å². The molecule has 0 aliphatic rings. The van der Waals surface area contributed by atoms with Crippen LogP contribution in [0.25, 0.3) is 0 Å². The number of carbonyl (C=O) groups excluding carboxylic acids is 2. The fourth-order valence-electron chi connectivity index (χ4n) is 2.65. The van der Waals surface area contributed by atoms with Gasteiger partial charge in [0.1, 0.15) is 5.69 Å². The molecule has 0 radical (unpaired) electrons. The summed E-state index contributed by atoms with van der Waals surface area (Å²) in [5, 5.41) is 10.1. The number of likely N-dealkylation sites (N-methyl/N-ethyl adjacent to an activating group) is 1. The van der Waals surface area contributed by atoms with Crippen LogP contribution in [-0.2, 0) is 18.3 Å². The smallest absolute Gasteiger partial charge is 0.273 e. The van der Waals surface area contributed by atoms with E-state index in [1.807, 2.05) is 33.2 Å². The number of aryl methyl sites for hydroxylation is 3. The summed E-state index contributed by atoms with van der Waals surface area (Å²) < 4.78 is 1.58. The maximum absolute atomic E-state index is 12.7. The zero-order valence-electron chi connectivity index (χ0n) is 16.1. The first-order chi connectivity index (χ1) is 12.3. The second kappa shape index (κ2) is 8.62. The Labute approximate surface area is 154 Å². The van der Waals surface area contributed by atoms with Gasteiger partial charge < -0.3 is 15.5 Å². The van der Waals surface area contributed by atoms with Gasteiger partial charge in [-0.1, -0.05) is 19.4 Å². The zero-order chi connectivity index (χ0) is 19.3. The molecule has 0 aliphatic heterocycles. The van der Waals surface area contributed by atoms with E-state index in [1.165, 1.54) is 0 Å². The number of hydrogen-bond donors (Lipinski definition) is 2. The minimum Gasteiger partial charge on any atom is -0.323 e. The van der Waals surface area contributed by atoms with Crippen LogP contribution >= 0.6 is 0 Å². The number of carbonyl (C=O) groups is 2. The first-order valence-corrected chi connectivity index (χ1v) is 8.69. The lowest BCUT2D eigenvalue weighted by Gasteiger charge is -2.15. The molecule has 2 aromatic rings. The third-order valence-corrected chi connectivity index (χ3v) is 3.83. The molecule has 0 aliphatic carbocycles. The number of amides is 2. The van der Waals surface area contributed by atoms with Crippen LogP contribution in [0.5, 0.6) is 0 Å². The van der Waals surface area contributed by atoms with Crippen molar-refractivity contribution in [3.05, 3.63) is 41.2 Å². The zero-order valence-corrected chi connectivity index (χ0v) is 16.1. The van der Waals surface area contributed by atoms with Crippen LogP contribution in [0.4, 0.5) is 11.4 Å². The van der Waals surface area contributed by atoms with Gasteiger partial charge in [0, 0.05) is 7.05 Å². The molecule has 0 unspecified atom stereocenters. The van der Waals surface area contributed by atoms with E-state index in [1.54, 1.807) is 28.8 Å². The van der Waals surface area contributed by atoms with Gasteiger partial charge in [-0.2, -0.15) is 5.10 Å². The average Bonchev–Trinajstić information content (AvgIpc) is 2.90. The molecule has 0 saturated heterocycles. The summed E-state index contributed by atoms with van der Waals surface area (Å²) in [7, 11) is 5.41. The van der Waals surface area contributed by atoms with Crippen molar-refractivity contribution >= 4 is 23.2 Å². The average molecular weight is 357 g/mol. The second-order valence-corrected chi connectivity index (χ2v) is 6.68. The Bertz CT molecular complexity index is 795. The van der Waals surface area contributed by atoms with E-state index in [0.29, 0.717) is 17.1 Å². The van der Waals surface area contributed by atoms with Crippen LogP contribution in [0.15, 0.2) is 24.3 Å². The van der Waals surface area contributed by atoms with Gasteiger partial charge in [-0.15, -0.1) is 0 Å². The summed E-state index contributed by atoms with van der Waals surface area (Å²) in [4.78, 5) is 26.5. The number of hydrogen-bond acceptors (Lipinski definition) is 4. The summed E-state index contributed by atoms with van der Waals surface area (Å²) in [5.74, 6) is -0.392. The van der Waals surface area contributed by atoms with Crippen LogP contribution < -0.4 is 10.6 Å². The molecule has 2 rings (SSSR count). The summed E-state index contributed by atoms with van der Waals surface area (Å²) in [6.45, 7) is 4.28. The summed E-state index contributed by atoms with van der Waals surface area (Å²) >= 11 is 0. The van der Waals surface area contributed by atoms with Gasteiger partial charge in [0.25, 0.3) is 5.91 Å². The molecular formula is C19H27N5O2. The molecule has 0 saturated carbocycles. The van der Waals surface area contributed by atoms with Crippen molar-refractivity contribution in [1.29, 1.82) is 0 Å². The lowest BCUT2D eigenvalue weighted by atomic mass is 10.1. The summed E-state index contributed by atoms with van der Waals surface area (Å²) in [5.41, 5.74) is 3.51. The van der Waals surface area contributed by atoms with Crippen molar-refractivity contribution in [2.24, 2.45) is 7.05 Å². The van der Waals surface area contributed by atoms with E-state index < -0.39 is 0 Å². The number of benzene rings is 1. The van der Waals surface area contributed by atoms with Crippen LogP contribution in [0, 0.1) is 6.92 Å². The molecule has 0 spiro atoms. The van der Waals surface area contributed by atoms with Crippen molar-refractivity contribution < 1.29 is 9.59 Å². The van der Waals surface area contributed by atoms with Crippen molar-refractivity contribution in [2.45, 2.75) is 26.7 Å². The number of anilines is 2. The van der Waals surface area contributed by atoms with Crippen molar-refractivity contribution in [1.82, 2.24) is 14.7 Å². The van der Waals surface area contributed by atoms with Gasteiger partial charge in [0.15, 0.2) is 0 Å². The molecule has 1 heterocycles. The van der Waals surface area contributed by atoms with Crippen molar-refractivity contribution in [2.75, 3.05) is 31.3 Å².